The second-order valence-corrected chi connectivity index (χ2v) is 10.2. The number of imidazole rings is 1. The van der Waals surface area contributed by atoms with E-state index in [9.17, 15) is 9.18 Å². The molecule has 1 saturated heterocycles. The van der Waals surface area contributed by atoms with Gasteiger partial charge in [0, 0.05) is 32.4 Å². The summed E-state index contributed by atoms with van der Waals surface area (Å²) in [5.41, 5.74) is 3.61. The first-order chi connectivity index (χ1) is 20.6. The Hall–Kier alpha value is -4.95. The van der Waals surface area contributed by atoms with Gasteiger partial charge in [0.05, 0.1) is 24.3 Å². The molecule has 0 atom stereocenters. The summed E-state index contributed by atoms with van der Waals surface area (Å²) >= 11 is 0. The van der Waals surface area contributed by atoms with E-state index >= 15 is 0 Å². The number of rotatable bonds is 10. The normalized spacial score (nSPS) is 13.7. The molecule has 0 aliphatic carbocycles. The van der Waals surface area contributed by atoms with Crippen molar-refractivity contribution >= 4 is 11.6 Å². The van der Waals surface area contributed by atoms with Crippen LogP contribution in [0.3, 0.4) is 0 Å². The highest BCUT2D eigenvalue weighted by Gasteiger charge is 2.28. The van der Waals surface area contributed by atoms with E-state index in [1.54, 1.807) is 23.5 Å². The lowest BCUT2D eigenvalue weighted by molar-refractivity contribution is -0.121. The molecular formula is C34H31FN4O3. The Labute approximate surface area is 244 Å². The summed E-state index contributed by atoms with van der Waals surface area (Å²) in [6, 6.07) is 31.7. The summed E-state index contributed by atoms with van der Waals surface area (Å²) < 4.78 is 28.1. The molecule has 0 bridgehead atoms. The maximum atomic E-state index is 13.7. The van der Waals surface area contributed by atoms with Crippen LogP contribution in [0.1, 0.15) is 16.8 Å². The molecule has 5 aromatic rings. The molecule has 1 fully saturated rings. The van der Waals surface area contributed by atoms with Gasteiger partial charge in [-0.05, 0) is 47.5 Å². The number of carbonyl (C=O) groups is 1. The zero-order chi connectivity index (χ0) is 28.7. The Morgan fingerprint density at radius 3 is 2.31 bits per heavy atom. The average molecular weight is 563 g/mol. The molecule has 8 heteroatoms. The minimum atomic E-state index is -0.261. The van der Waals surface area contributed by atoms with Gasteiger partial charge in [-0.15, -0.1) is 0 Å². The van der Waals surface area contributed by atoms with E-state index in [0.717, 1.165) is 22.5 Å². The lowest BCUT2D eigenvalue weighted by atomic mass is 10.2. The summed E-state index contributed by atoms with van der Waals surface area (Å²) in [5, 5.41) is 0. The highest BCUT2D eigenvalue weighted by atomic mass is 19.1. The molecule has 0 radical (unpaired) electrons. The van der Waals surface area contributed by atoms with Crippen molar-refractivity contribution in [2.75, 3.05) is 24.5 Å². The van der Waals surface area contributed by atoms with Crippen molar-refractivity contribution in [3.63, 3.8) is 0 Å². The first-order valence-corrected chi connectivity index (χ1v) is 13.9. The van der Waals surface area contributed by atoms with Crippen molar-refractivity contribution in [1.29, 1.82) is 0 Å². The SMILES string of the molecule is O=C1CN(Cc2cncn2Cc2cccc(F)c2)CCN1c1ccccc1Oc1ccccc1OCc1ccccc1. The van der Waals surface area contributed by atoms with Gasteiger partial charge < -0.3 is 18.9 Å². The number of nitrogens with zero attached hydrogens (tertiary/aromatic N) is 4. The van der Waals surface area contributed by atoms with Gasteiger partial charge in [0.15, 0.2) is 17.2 Å². The molecule has 1 amide bonds. The van der Waals surface area contributed by atoms with Gasteiger partial charge in [-0.3, -0.25) is 9.69 Å². The van der Waals surface area contributed by atoms with Crippen LogP contribution in [0.5, 0.6) is 17.2 Å². The number of piperazine rings is 1. The highest BCUT2D eigenvalue weighted by molar-refractivity contribution is 5.97. The van der Waals surface area contributed by atoms with Gasteiger partial charge in [0.1, 0.15) is 12.4 Å². The fourth-order valence-electron chi connectivity index (χ4n) is 5.07. The van der Waals surface area contributed by atoms with Crippen molar-refractivity contribution in [3.05, 3.63) is 138 Å². The van der Waals surface area contributed by atoms with Crippen molar-refractivity contribution in [2.45, 2.75) is 19.7 Å². The summed E-state index contributed by atoms with van der Waals surface area (Å²) in [5.74, 6) is 1.52. The molecule has 42 heavy (non-hydrogen) atoms. The van der Waals surface area contributed by atoms with E-state index in [0.29, 0.717) is 50.0 Å². The number of ether oxygens (including phenoxy) is 2. The average Bonchev–Trinajstić information content (AvgIpc) is 3.44. The smallest absolute Gasteiger partial charge is 0.241 e. The molecular weight excluding hydrogens is 531 g/mol. The second kappa shape index (κ2) is 12.7. The van der Waals surface area contributed by atoms with Crippen LogP contribution in [0.4, 0.5) is 10.1 Å². The number of hydrogen-bond acceptors (Lipinski definition) is 5. The third kappa shape index (κ3) is 6.50. The van der Waals surface area contributed by atoms with Crippen molar-refractivity contribution in [2.24, 2.45) is 0 Å². The number of para-hydroxylation sites is 4. The van der Waals surface area contributed by atoms with Gasteiger partial charge in [-0.2, -0.15) is 0 Å². The minimum absolute atomic E-state index is 0.0119. The van der Waals surface area contributed by atoms with E-state index < -0.39 is 0 Å². The summed E-state index contributed by atoms with van der Waals surface area (Å²) in [6.45, 7) is 2.97. The summed E-state index contributed by atoms with van der Waals surface area (Å²) in [7, 11) is 0. The topological polar surface area (TPSA) is 59.8 Å². The standard InChI is InChI=1S/C34H31FN4O3/c35-28-12-8-11-27(19-28)21-38-25-36-20-29(38)22-37-17-18-39(34(40)23-37)30-13-4-5-14-31(30)42-33-16-7-6-15-32(33)41-24-26-9-2-1-3-10-26/h1-16,19-20,25H,17-18,21-24H2. The first kappa shape index (κ1) is 27.2. The van der Waals surface area contributed by atoms with Gasteiger partial charge in [0.2, 0.25) is 5.91 Å². The third-order valence-electron chi connectivity index (χ3n) is 7.19. The van der Waals surface area contributed by atoms with Gasteiger partial charge in [0.25, 0.3) is 0 Å². The zero-order valence-electron chi connectivity index (χ0n) is 23.1. The zero-order valence-corrected chi connectivity index (χ0v) is 23.1. The lowest BCUT2D eigenvalue weighted by Gasteiger charge is -2.35. The predicted octanol–water partition coefficient (Wildman–Crippen LogP) is 6.29. The molecule has 0 spiro atoms. The van der Waals surface area contributed by atoms with E-state index in [4.69, 9.17) is 9.47 Å². The van der Waals surface area contributed by atoms with Crippen LogP contribution in [0.2, 0.25) is 0 Å². The second-order valence-electron chi connectivity index (χ2n) is 10.2. The lowest BCUT2D eigenvalue weighted by Crippen LogP contribution is -2.50. The number of anilines is 1. The number of hydrogen-bond donors (Lipinski definition) is 0. The maximum absolute atomic E-state index is 13.7. The molecule has 1 aromatic heterocycles. The fourth-order valence-corrected chi connectivity index (χ4v) is 5.07. The molecule has 4 aromatic carbocycles. The number of carbonyl (C=O) groups excluding carboxylic acids is 1. The monoisotopic (exact) mass is 562 g/mol. The number of halogens is 1. The van der Waals surface area contributed by atoms with Crippen molar-refractivity contribution in [3.8, 4) is 17.2 Å². The Bertz CT molecular complexity index is 1660. The molecule has 212 valence electrons. The molecule has 0 saturated carbocycles. The van der Waals surface area contributed by atoms with Crippen LogP contribution in [0, 0.1) is 5.82 Å². The molecule has 2 heterocycles. The maximum Gasteiger partial charge on any atom is 0.241 e. The van der Waals surface area contributed by atoms with Gasteiger partial charge in [-0.25, -0.2) is 9.37 Å². The highest BCUT2D eigenvalue weighted by Crippen LogP contribution is 2.37. The van der Waals surface area contributed by atoms with Gasteiger partial charge >= 0.3 is 0 Å². The third-order valence-corrected chi connectivity index (χ3v) is 7.19. The predicted molar refractivity (Wildman–Crippen MR) is 159 cm³/mol. The van der Waals surface area contributed by atoms with Crippen LogP contribution in [-0.2, 0) is 24.5 Å². The fraction of sp³-hybridized carbons (Fsp3) is 0.176. The van der Waals surface area contributed by atoms with Crippen LogP contribution in [0.25, 0.3) is 0 Å². The Morgan fingerprint density at radius 2 is 1.50 bits per heavy atom. The van der Waals surface area contributed by atoms with Crippen molar-refractivity contribution in [1.82, 2.24) is 14.5 Å². The van der Waals surface area contributed by atoms with Crippen molar-refractivity contribution < 1.29 is 18.7 Å². The van der Waals surface area contributed by atoms with Crippen LogP contribution < -0.4 is 14.4 Å². The first-order valence-electron chi connectivity index (χ1n) is 13.9. The molecule has 6 rings (SSSR count). The number of benzene rings is 4. The number of amides is 1. The molecule has 1 aliphatic rings. The Kier molecular flexibility index (Phi) is 8.23. The van der Waals surface area contributed by atoms with E-state index in [2.05, 4.69) is 9.88 Å². The van der Waals surface area contributed by atoms with Crippen LogP contribution >= 0.6 is 0 Å². The van der Waals surface area contributed by atoms with E-state index in [1.165, 1.54) is 12.1 Å². The van der Waals surface area contributed by atoms with Crippen LogP contribution in [0.15, 0.2) is 116 Å². The summed E-state index contributed by atoms with van der Waals surface area (Å²) in [6.07, 6.45) is 3.55. The minimum Gasteiger partial charge on any atom is -0.485 e. The van der Waals surface area contributed by atoms with Gasteiger partial charge in [-0.1, -0.05) is 66.7 Å². The Morgan fingerprint density at radius 1 is 0.762 bits per heavy atom. The summed E-state index contributed by atoms with van der Waals surface area (Å²) in [4.78, 5) is 21.6. The number of aromatic nitrogens is 2. The molecule has 0 unspecified atom stereocenters. The quantitative estimate of drug-likeness (QED) is 0.200. The van der Waals surface area contributed by atoms with E-state index in [-0.39, 0.29) is 18.3 Å². The van der Waals surface area contributed by atoms with E-state index in [1.807, 2.05) is 89.5 Å². The molecule has 1 aliphatic heterocycles. The largest absolute Gasteiger partial charge is 0.485 e. The Balaban J connectivity index is 1.12. The molecule has 0 N–H and O–H groups in total. The van der Waals surface area contributed by atoms with Crippen LogP contribution in [-0.4, -0.2) is 40.0 Å². The molecule has 7 nitrogen and oxygen atoms in total.